The third kappa shape index (κ3) is 4.81. The van der Waals surface area contributed by atoms with Gasteiger partial charge in [-0.25, -0.2) is 4.79 Å². The van der Waals surface area contributed by atoms with Gasteiger partial charge in [-0.3, -0.25) is 14.4 Å². The summed E-state index contributed by atoms with van der Waals surface area (Å²) in [6.45, 7) is 1.47. The van der Waals surface area contributed by atoms with Gasteiger partial charge in [0.15, 0.2) is 6.61 Å². The molecule has 1 unspecified atom stereocenters. The number of para-hydroxylation sites is 1. The quantitative estimate of drug-likeness (QED) is 0.592. The van der Waals surface area contributed by atoms with Crippen LogP contribution < -0.4 is 10.6 Å². The molecular formula is C22H22N2O6S2. The molecule has 0 bridgehead atoms. The molecule has 1 aromatic heterocycles. The molecule has 0 fully saturated rings. The molecule has 0 saturated heterocycles. The fourth-order valence-corrected chi connectivity index (χ4v) is 6.05. The summed E-state index contributed by atoms with van der Waals surface area (Å²) in [4.78, 5) is 51.2. The summed E-state index contributed by atoms with van der Waals surface area (Å²) in [7, 11) is 0. The number of hydrogen-bond donors (Lipinski definition) is 2. The summed E-state index contributed by atoms with van der Waals surface area (Å²) in [5.74, 6) is -1.93. The van der Waals surface area contributed by atoms with Gasteiger partial charge in [-0.05, 0) is 43.9 Å². The van der Waals surface area contributed by atoms with Gasteiger partial charge in [-0.15, -0.1) is 23.1 Å². The van der Waals surface area contributed by atoms with Crippen LogP contribution in [0.3, 0.4) is 0 Å². The second-order valence-electron chi connectivity index (χ2n) is 7.29. The predicted molar refractivity (Wildman–Crippen MR) is 121 cm³/mol. The number of anilines is 2. The molecule has 2 N–H and O–H groups in total. The molecule has 8 nitrogen and oxygen atoms in total. The van der Waals surface area contributed by atoms with Gasteiger partial charge in [0, 0.05) is 9.77 Å². The van der Waals surface area contributed by atoms with Crippen molar-refractivity contribution in [3.8, 4) is 0 Å². The number of aryl methyl sites for hydroxylation is 1. The van der Waals surface area contributed by atoms with Crippen LogP contribution in [0.15, 0.2) is 29.2 Å². The van der Waals surface area contributed by atoms with Gasteiger partial charge in [0.25, 0.3) is 5.91 Å². The SMILES string of the molecule is CCOC(=O)c1c(NC(=O)COC(=O)CC2Sc3ccccc3NC2=O)sc2c1CCC2. The number of esters is 2. The molecule has 0 spiro atoms. The molecule has 168 valence electrons. The number of fused-ring (bicyclic) bond motifs is 2. The van der Waals surface area contributed by atoms with E-state index in [1.165, 1.54) is 23.1 Å². The van der Waals surface area contributed by atoms with Crippen LogP contribution in [0, 0.1) is 0 Å². The van der Waals surface area contributed by atoms with Crippen molar-refractivity contribution in [1.29, 1.82) is 0 Å². The van der Waals surface area contributed by atoms with E-state index in [1.54, 1.807) is 13.0 Å². The highest BCUT2D eigenvalue weighted by atomic mass is 32.2. The Morgan fingerprint density at radius 3 is 2.81 bits per heavy atom. The van der Waals surface area contributed by atoms with Crippen molar-refractivity contribution in [1.82, 2.24) is 0 Å². The molecule has 0 saturated carbocycles. The number of benzene rings is 1. The average Bonchev–Trinajstić information content (AvgIpc) is 3.33. The van der Waals surface area contributed by atoms with Crippen LogP contribution in [-0.2, 0) is 36.7 Å². The first-order chi connectivity index (χ1) is 15.5. The van der Waals surface area contributed by atoms with Gasteiger partial charge in [0.1, 0.15) is 5.00 Å². The van der Waals surface area contributed by atoms with Crippen LogP contribution in [0.5, 0.6) is 0 Å². The Bertz CT molecular complexity index is 1080. The normalized spacial score (nSPS) is 16.5. The number of amides is 2. The van der Waals surface area contributed by atoms with E-state index in [9.17, 15) is 19.2 Å². The van der Waals surface area contributed by atoms with E-state index < -0.39 is 29.7 Å². The molecule has 1 atom stereocenters. The first-order valence-corrected chi connectivity index (χ1v) is 12.0. The molecule has 1 aromatic carbocycles. The van der Waals surface area contributed by atoms with Crippen molar-refractivity contribution >= 4 is 57.5 Å². The molecule has 2 aliphatic rings. The summed E-state index contributed by atoms with van der Waals surface area (Å²) in [5.41, 5.74) is 2.05. The van der Waals surface area contributed by atoms with E-state index in [0.29, 0.717) is 16.3 Å². The van der Waals surface area contributed by atoms with Gasteiger partial charge in [0.05, 0.1) is 29.5 Å². The number of hydrogen-bond acceptors (Lipinski definition) is 8. The number of carbonyl (C=O) groups is 4. The van der Waals surface area contributed by atoms with Gasteiger partial charge < -0.3 is 20.1 Å². The molecule has 4 rings (SSSR count). The van der Waals surface area contributed by atoms with E-state index in [2.05, 4.69) is 10.6 Å². The van der Waals surface area contributed by atoms with Crippen molar-refractivity contribution < 1.29 is 28.7 Å². The molecule has 2 amide bonds. The lowest BCUT2D eigenvalue weighted by Crippen LogP contribution is -2.32. The molecule has 1 aliphatic carbocycles. The molecule has 2 aromatic rings. The van der Waals surface area contributed by atoms with Crippen molar-refractivity contribution in [2.75, 3.05) is 23.8 Å². The summed E-state index contributed by atoms with van der Waals surface area (Å²) < 4.78 is 10.2. The smallest absolute Gasteiger partial charge is 0.341 e. The first-order valence-electron chi connectivity index (χ1n) is 10.3. The van der Waals surface area contributed by atoms with E-state index >= 15 is 0 Å². The average molecular weight is 475 g/mol. The second-order valence-corrected chi connectivity index (χ2v) is 9.64. The maximum atomic E-state index is 12.4. The van der Waals surface area contributed by atoms with Crippen molar-refractivity contribution in [2.24, 2.45) is 0 Å². The molecule has 32 heavy (non-hydrogen) atoms. The molecule has 1 aliphatic heterocycles. The largest absolute Gasteiger partial charge is 0.462 e. The highest BCUT2D eigenvalue weighted by Crippen LogP contribution is 2.39. The summed E-state index contributed by atoms with van der Waals surface area (Å²) in [6, 6.07) is 7.34. The molecule has 0 radical (unpaired) electrons. The zero-order valence-corrected chi connectivity index (χ0v) is 19.0. The zero-order valence-electron chi connectivity index (χ0n) is 17.4. The number of rotatable bonds is 7. The Morgan fingerprint density at radius 1 is 1.19 bits per heavy atom. The predicted octanol–water partition coefficient (Wildman–Crippen LogP) is 3.40. The van der Waals surface area contributed by atoms with E-state index in [1.807, 2.05) is 18.2 Å². The number of nitrogens with one attached hydrogen (secondary N) is 2. The van der Waals surface area contributed by atoms with Crippen LogP contribution in [0.1, 0.15) is 40.6 Å². The third-order valence-corrected chi connectivity index (χ3v) is 7.56. The summed E-state index contributed by atoms with van der Waals surface area (Å²) in [6.07, 6.45) is 2.45. The lowest BCUT2D eigenvalue weighted by Gasteiger charge is -2.23. The van der Waals surface area contributed by atoms with Gasteiger partial charge >= 0.3 is 11.9 Å². The number of carbonyl (C=O) groups excluding carboxylic acids is 4. The molecule has 2 heterocycles. The Labute approximate surface area is 193 Å². The van der Waals surface area contributed by atoms with Gasteiger partial charge in [0.2, 0.25) is 5.91 Å². The molecule has 10 heteroatoms. The minimum atomic E-state index is -0.647. The van der Waals surface area contributed by atoms with Crippen molar-refractivity contribution in [3.05, 3.63) is 40.3 Å². The lowest BCUT2D eigenvalue weighted by molar-refractivity contribution is -0.147. The van der Waals surface area contributed by atoms with Crippen molar-refractivity contribution in [2.45, 2.75) is 42.8 Å². The van der Waals surface area contributed by atoms with Crippen LogP contribution >= 0.6 is 23.1 Å². The molecular weight excluding hydrogens is 452 g/mol. The fourth-order valence-electron chi connectivity index (χ4n) is 3.66. The monoisotopic (exact) mass is 474 g/mol. The standard InChI is InChI=1S/C22H22N2O6S2/c1-2-29-22(28)19-12-6-5-9-14(12)32-21(19)24-17(25)11-30-18(26)10-16-20(27)23-13-7-3-4-8-15(13)31-16/h3-4,7-8,16H,2,5-6,9-11H2,1H3,(H,23,27)(H,24,25). The number of ether oxygens (including phenoxy) is 2. The summed E-state index contributed by atoms with van der Waals surface area (Å²) >= 11 is 2.65. The Hall–Kier alpha value is -2.85. The van der Waals surface area contributed by atoms with Crippen LogP contribution in [0.2, 0.25) is 0 Å². The maximum absolute atomic E-state index is 12.4. The number of thioether (sulfide) groups is 1. The third-order valence-electron chi connectivity index (χ3n) is 5.08. The van der Waals surface area contributed by atoms with Gasteiger partial charge in [-0.1, -0.05) is 12.1 Å². The fraction of sp³-hybridized carbons (Fsp3) is 0.364. The van der Waals surface area contributed by atoms with Crippen LogP contribution in [0.25, 0.3) is 0 Å². The first kappa shape index (κ1) is 22.3. The highest BCUT2D eigenvalue weighted by molar-refractivity contribution is 8.01. The second kappa shape index (κ2) is 9.74. The Kier molecular flexibility index (Phi) is 6.80. The minimum absolute atomic E-state index is 0.153. The van der Waals surface area contributed by atoms with E-state index in [0.717, 1.165) is 34.6 Å². The Morgan fingerprint density at radius 2 is 2.00 bits per heavy atom. The topological polar surface area (TPSA) is 111 Å². The van der Waals surface area contributed by atoms with Crippen LogP contribution in [-0.4, -0.2) is 42.2 Å². The highest BCUT2D eigenvalue weighted by Gasteiger charge is 2.30. The number of thiophene rings is 1. The maximum Gasteiger partial charge on any atom is 0.341 e. The van der Waals surface area contributed by atoms with E-state index in [4.69, 9.17) is 9.47 Å². The van der Waals surface area contributed by atoms with Crippen LogP contribution in [0.4, 0.5) is 10.7 Å². The Balaban J connectivity index is 1.32. The minimum Gasteiger partial charge on any atom is -0.462 e. The lowest BCUT2D eigenvalue weighted by atomic mass is 10.1. The van der Waals surface area contributed by atoms with Crippen molar-refractivity contribution in [3.63, 3.8) is 0 Å². The van der Waals surface area contributed by atoms with Gasteiger partial charge in [-0.2, -0.15) is 0 Å². The van der Waals surface area contributed by atoms with E-state index in [-0.39, 0.29) is 18.9 Å². The zero-order chi connectivity index (χ0) is 22.7. The summed E-state index contributed by atoms with van der Waals surface area (Å²) in [5, 5.41) is 5.24.